The Morgan fingerprint density at radius 1 is 1.00 bits per heavy atom. The van der Waals surface area contributed by atoms with Crippen LogP contribution in [0.25, 0.3) is 0 Å². The minimum absolute atomic E-state index is 0.0864. The summed E-state index contributed by atoms with van der Waals surface area (Å²) in [6, 6.07) is 0. The van der Waals surface area contributed by atoms with Gasteiger partial charge in [0.15, 0.2) is 5.41 Å². The number of hydrogen-bond donors (Lipinski definition) is 0. The molecule has 0 N–H and O–H groups in total. The first kappa shape index (κ1) is 18.3. The van der Waals surface area contributed by atoms with Gasteiger partial charge in [0.1, 0.15) is 0 Å². The molecule has 22 heavy (non-hydrogen) atoms. The van der Waals surface area contributed by atoms with Crippen LogP contribution in [0.15, 0.2) is 23.0 Å². The van der Waals surface area contributed by atoms with Gasteiger partial charge in [-0.3, -0.25) is 9.59 Å². The fourth-order valence-corrected chi connectivity index (χ4v) is 2.81. The first-order valence-corrected chi connectivity index (χ1v) is 7.24. The highest BCUT2D eigenvalue weighted by Gasteiger charge is 2.54. The van der Waals surface area contributed by atoms with Gasteiger partial charge >= 0.3 is 11.9 Å². The normalized spacial score (nSPS) is 21.5. The van der Waals surface area contributed by atoms with Crippen molar-refractivity contribution in [2.24, 2.45) is 10.8 Å². The second-order valence-electron chi connectivity index (χ2n) is 6.69. The molecule has 0 spiro atoms. The molecule has 0 saturated heterocycles. The minimum atomic E-state index is -1.32. The molecule has 0 unspecified atom stereocenters. The molecule has 5 nitrogen and oxygen atoms in total. The van der Waals surface area contributed by atoms with Crippen molar-refractivity contribution in [2.75, 3.05) is 21.3 Å². The van der Waals surface area contributed by atoms with Crippen LogP contribution < -0.4 is 0 Å². The van der Waals surface area contributed by atoms with Crippen molar-refractivity contribution in [2.45, 2.75) is 40.5 Å². The molecule has 0 aromatic rings. The van der Waals surface area contributed by atoms with Gasteiger partial charge in [0.05, 0.1) is 27.1 Å². The van der Waals surface area contributed by atoms with Crippen LogP contribution in [0.4, 0.5) is 0 Å². The molecule has 1 rings (SSSR count). The summed E-state index contributed by atoms with van der Waals surface area (Å²) < 4.78 is 15.1. The average molecular weight is 310 g/mol. The van der Waals surface area contributed by atoms with Crippen LogP contribution in [0.5, 0.6) is 0 Å². The van der Waals surface area contributed by atoms with E-state index in [1.807, 2.05) is 6.92 Å². The standard InChI is InChI=1S/C17H26O5/c1-11(20-5)13-10-17(14(18)21-6,15(19)22-7)9-12(13)8-16(2,3)4/h8H,9-10H2,1-7H3/b12-8+,13-11+. The van der Waals surface area contributed by atoms with Crippen molar-refractivity contribution in [3.05, 3.63) is 23.0 Å². The van der Waals surface area contributed by atoms with Gasteiger partial charge in [-0.1, -0.05) is 26.8 Å². The highest BCUT2D eigenvalue weighted by Crippen LogP contribution is 2.49. The van der Waals surface area contributed by atoms with E-state index in [1.165, 1.54) is 14.2 Å². The zero-order valence-corrected chi connectivity index (χ0v) is 14.5. The number of hydrogen-bond acceptors (Lipinski definition) is 5. The Kier molecular flexibility index (Phi) is 5.44. The molecule has 1 saturated carbocycles. The maximum absolute atomic E-state index is 12.3. The molecule has 1 aliphatic rings. The largest absolute Gasteiger partial charge is 0.501 e. The lowest BCUT2D eigenvalue weighted by Crippen LogP contribution is -2.38. The van der Waals surface area contributed by atoms with E-state index >= 15 is 0 Å². The van der Waals surface area contributed by atoms with E-state index in [-0.39, 0.29) is 18.3 Å². The third-order valence-corrected chi connectivity index (χ3v) is 3.85. The van der Waals surface area contributed by atoms with E-state index < -0.39 is 17.4 Å². The van der Waals surface area contributed by atoms with Gasteiger partial charge in [0, 0.05) is 6.42 Å². The predicted molar refractivity (Wildman–Crippen MR) is 82.9 cm³/mol. The second kappa shape index (κ2) is 6.55. The first-order valence-electron chi connectivity index (χ1n) is 7.24. The zero-order valence-electron chi connectivity index (χ0n) is 14.5. The molecular formula is C17H26O5. The van der Waals surface area contributed by atoms with Gasteiger partial charge in [0.2, 0.25) is 0 Å². The van der Waals surface area contributed by atoms with Gasteiger partial charge in [-0.2, -0.15) is 0 Å². The van der Waals surface area contributed by atoms with Gasteiger partial charge in [-0.25, -0.2) is 0 Å². The van der Waals surface area contributed by atoms with E-state index in [0.29, 0.717) is 5.76 Å². The van der Waals surface area contributed by atoms with Crippen molar-refractivity contribution in [1.29, 1.82) is 0 Å². The van der Waals surface area contributed by atoms with Crippen molar-refractivity contribution in [1.82, 2.24) is 0 Å². The predicted octanol–water partition coefficient (Wildman–Crippen LogP) is 3.01. The lowest BCUT2D eigenvalue weighted by atomic mass is 9.85. The Hall–Kier alpha value is -1.78. The summed E-state index contributed by atoms with van der Waals surface area (Å²) in [4.78, 5) is 24.6. The van der Waals surface area contributed by atoms with Crippen molar-refractivity contribution < 1.29 is 23.8 Å². The van der Waals surface area contributed by atoms with E-state index in [2.05, 4.69) is 26.8 Å². The lowest BCUT2D eigenvalue weighted by Gasteiger charge is -2.22. The van der Waals surface area contributed by atoms with Crippen LogP contribution in [0.3, 0.4) is 0 Å². The highest BCUT2D eigenvalue weighted by atomic mass is 16.5. The van der Waals surface area contributed by atoms with E-state index in [1.54, 1.807) is 7.11 Å². The summed E-state index contributed by atoms with van der Waals surface area (Å²) in [5.74, 6) is -0.443. The van der Waals surface area contributed by atoms with Crippen LogP contribution in [-0.4, -0.2) is 33.3 Å². The Morgan fingerprint density at radius 3 is 1.86 bits per heavy atom. The zero-order chi connectivity index (χ0) is 17.1. The summed E-state index contributed by atoms with van der Waals surface area (Å²) in [6.45, 7) is 8.03. The van der Waals surface area contributed by atoms with Crippen molar-refractivity contribution in [3.8, 4) is 0 Å². The fraction of sp³-hybridized carbons (Fsp3) is 0.647. The Balaban J connectivity index is 3.47. The maximum Gasteiger partial charge on any atom is 0.323 e. The molecule has 5 heteroatoms. The van der Waals surface area contributed by atoms with Gasteiger partial charge in [-0.05, 0) is 29.9 Å². The summed E-state index contributed by atoms with van der Waals surface area (Å²) in [7, 11) is 4.14. The molecule has 0 aliphatic heterocycles. The van der Waals surface area contributed by atoms with Gasteiger partial charge in [0.25, 0.3) is 0 Å². The third kappa shape index (κ3) is 3.51. The van der Waals surface area contributed by atoms with Crippen LogP contribution in [-0.2, 0) is 23.8 Å². The minimum Gasteiger partial charge on any atom is -0.501 e. The number of carbonyl (C=O) groups excluding carboxylic acids is 2. The Morgan fingerprint density at radius 2 is 1.50 bits per heavy atom. The van der Waals surface area contributed by atoms with E-state index in [0.717, 1.165) is 11.1 Å². The number of carbonyl (C=O) groups is 2. The van der Waals surface area contributed by atoms with Crippen LogP contribution in [0, 0.1) is 10.8 Å². The molecular weight excluding hydrogens is 284 g/mol. The van der Waals surface area contributed by atoms with E-state index in [9.17, 15) is 9.59 Å². The Bertz CT molecular complexity index is 504. The fourth-order valence-electron chi connectivity index (χ4n) is 2.81. The number of esters is 2. The molecule has 0 amide bonds. The molecule has 0 aromatic carbocycles. The molecule has 1 aliphatic carbocycles. The average Bonchev–Trinajstić information content (AvgIpc) is 2.83. The van der Waals surface area contributed by atoms with Crippen LogP contribution in [0.2, 0.25) is 0 Å². The second-order valence-corrected chi connectivity index (χ2v) is 6.69. The number of methoxy groups -OCH3 is 3. The third-order valence-electron chi connectivity index (χ3n) is 3.85. The van der Waals surface area contributed by atoms with Gasteiger partial charge < -0.3 is 14.2 Å². The first-order chi connectivity index (χ1) is 10.1. The number of rotatable bonds is 3. The maximum atomic E-state index is 12.3. The van der Waals surface area contributed by atoms with Gasteiger partial charge in [-0.15, -0.1) is 0 Å². The van der Waals surface area contributed by atoms with Crippen molar-refractivity contribution in [3.63, 3.8) is 0 Å². The topological polar surface area (TPSA) is 61.8 Å². The summed E-state index contributed by atoms with van der Waals surface area (Å²) >= 11 is 0. The molecule has 1 fully saturated rings. The summed E-state index contributed by atoms with van der Waals surface area (Å²) in [6.07, 6.45) is 2.56. The molecule has 0 bridgehead atoms. The molecule has 0 heterocycles. The molecule has 0 aromatic heterocycles. The SMILES string of the molecule is COC(=O)C1(C(=O)OC)CC(=C\C(C)(C)C)/C(=C(\C)OC)C1. The summed E-state index contributed by atoms with van der Waals surface area (Å²) in [5.41, 5.74) is 0.392. The van der Waals surface area contributed by atoms with Crippen LogP contribution in [0.1, 0.15) is 40.5 Å². The van der Waals surface area contributed by atoms with E-state index in [4.69, 9.17) is 14.2 Å². The molecule has 124 valence electrons. The summed E-state index contributed by atoms with van der Waals surface area (Å²) in [5, 5.41) is 0. The van der Waals surface area contributed by atoms with Crippen molar-refractivity contribution >= 4 is 11.9 Å². The monoisotopic (exact) mass is 310 g/mol. The number of ether oxygens (including phenoxy) is 3. The quantitative estimate of drug-likeness (QED) is 0.455. The number of allylic oxidation sites excluding steroid dienone is 4. The lowest BCUT2D eigenvalue weighted by molar-refractivity contribution is -0.168. The van der Waals surface area contributed by atoms with Crippen LogP contribution >= 0.6 is 0 Å². The molecule has 0 radical (unpaired) electrons. The molecule has 0 atom stereocenters. The Labute approximate surface area is 132 Å². The highest BCUT2D eigenvalue weighted by molar-refractivity contribution is 6.02. The smallest absolute Gasteiger partial charge is 0.323 e.